The molecule has 0 aromatic carbocycles. The Kier molecular flexibility index (Phi) is 3.63. The fraction of sp³-hybridized carbons (Fsp3) is 0.750. The van der Waals surface area contributed by atoms with Crippen LogP contribution >= 0.6 is 0 Å². The van der Waals surface area contributed by atoms with Gasteiger partial charge in [0.25, 0.3) is 5.91 Å². The lowest BCUT2D eigenvalue weighted by atomic mass is 9.69. The summed E-state index contributed by atoms with van der Waals surface area (Å²) >= 11 is 0. The molecule has 2 fully saturated rings. The number of rotatable bonds is 4. The Labute approximate surface area is 137 Å². The standard InChI is InChI=1S/C16H24N2O4S/c1-15(2)10-5-6-16(15,3)12(7-10)18-14(19)11-8-22-13(17-11)9-23(4,20)21/h8,10,12H,5-7,9H2,1-4H3,(H,18,19). The van der Waals surface area contributed by atoms with Gasteiger partial charge < -0.3 is 9.73 Å². The molecule has 2 aliphatic carbocycles. The number of sulfone groups is 1. The summed E-state index contributed by atoms with van der Waals surface area (Å²) in [6.45, 7) is 6.83. The Morgan fingerprint density at radius 1 is 1.43 bits per heavy atom. The molecule has 1 aromatic rings. The van der Waals surface area contributed by atoms with E-state index in [-0.39, 0.29) is 40.1 Å². The molecule has 0 radical (unpaired) electrons. The maximum atomic E-state index is 12.4. The van der Waals surface area contributed by atoms with Crippen molar-refractivity contribution >= 4 is 15.7 Å². The fourth-order valence-corrected chi connectivity index (χ4v) is 4.94. The van der Waals surface area contributed by atoms with Gasteiger partial charge in [-0.15, -0.1) is 0 Å². The number of carbonyl (C=O) groups excluding carboxylic acids is 1. The summed E-state index contributed by atoms with van der Waals surface area (Å²) in [6, 6.07) is 0.124. The molecule has 3 rings (SSSR count). The molecule has 6 nitrogen and oxygen atoms in total. The average Bonchev–Trinajstić information content (AvgIpc) is 2.99. The molecule has 1 amide bonds. The van der Waals surface area contributed by atoms with Gasteiger partial charge in [0.2, 0.25) is 5.89 Å². The Bertz CT molecular complexity index is 737. The van der Waals surface area contributed by atoms with Gasteiger partial charge in [-0.05, 0) is 36.0 Å². The predicted molar refractivity (Wildman–Crippen MR) is 85.5 cm³/mol. The number of hydrogen-bond acceptors (Lipinski definition) is 5. The zero-order valence-electron chi connectivity index (χ0n) is 14.0. The lowest BCUT2D eigenvalue weighted by Gasteiger charge is -2.39. The van der Waals surface area contributed by atoms with Gasteiger partial charge in [-0.1, -0.05) is 20.8 Å². The van der Waals surface area contributed by atoms with Crippen LogP contribution in [0.5, 0.6) is 0 Å². The Morgan fingerprint density at radius 3 is 2.65 bits per heavy atom. The highest BCUT2D eigenvalue weighted by atomic mass is 32.2. The topological polar surface area (TPSA) is 89.3 Å². The van der Waals surface area contributed by atoms with Crippen LogP contribution in [0.3, 0.4) is 0 Å². The molecular weight excluding hydrogens is 316 g/mol. The van der Waals surface area contributed by atoms with E-state index >= 15 is 0 Å². The summed E-state index contributed by atoms with van der Waals surface area (Å²) in [5.41, 5.74) is 0.455. The smallest absolute Gasteiger partial charge is 0.273 e. The molecule has 0 saturated heterocycles. The van der Waals surface area contributed by atoms with Crippen LogP contribution in [0.2, 0.25) is 0 Å². The fourth-order valence-electron chi connectivity index (χ4n) is 4.36. The largest absolute Gasteiger partial charge is 0.447 e. The maximum absolute atomic E-state index is 12.4. The van der Waals surface area contributed by atoms with E-state index in [1.165, 1.54) is 12.7 Å². The highest BCUT2D eigenvalue weighted by molar-refractivity contribution is 7.89. The zero-order valence-corrected chi connectivity index (χ0v) is 14.9. The van der Waals surface area contributed by atoms with Crippen LogP contribution in [-0.2, 0) is 15.6 Å². The van der Waals surface area contributed by atoms with E-state index < -0.39 is 9.84 Å². The van der Waals surface area contributed by atoms with E-state index in [0.29, 0.717) is 5.92 Å². The molecule has 7 heteroatoms. The van der Waals surface area contributed by atoms with Crippen LogP contribution in [0.4, 0.5) is 0 Å². The molecule has 2 saturated carbocycles. The van der Waals surface area contributed by atoms with Gasteiger partial charge in [-0.25, -0.2) is 13.4 Å². The molecule has 1 aromatic heterocycles. The third-order valence-electron chi connectivity index (χ3n) is 6.27. The van der Waals surface area contributed by atoms with Crippen LogP contribution in [0.1, 0.15) is 56.4 Å². The summed E-state index contributed by atoms with van der Waals surface area (Å²) < 4.78 is 27.6. The van der Waals surface area contributed by atoms with Gasteiger partial charge in [0.05, 0.1) is 0 Å². The SMILES string of the molecule is CC1(C)C2CCC1(C)C(NC(=O)c1coc(CS(C)(=O)=O)n1)C2. The van der Waals surface area contributed by atoms with Crippen molar-refractivity contribution in [3.05, 3.63) is 17.8 Å². The van der Waals surface area contributed by atoms with Crippen LogP contribution in [0.15, 0.2) is 10.7 Å². The quantitative estimate of drug-likeness (QED) is 0.907. The lowest BCUT2D eigenvalue weighted by molar-refractivity contribution is 0.0821. The molecule has 1 heterocycles. The predicted octanol–water partition coefficient (Wildman–Crippen LogP) is 2.16. The van der Waals surface area contributed by atoms with Crippen molar-refractivity contribution in [1.29, 1.82) is 0 Å². The number of fused-ring (bicyclic) bond motifs is 2. The summed E-state index contributed by atoms with van der Waals surface area (Å²) in [4.78, 5) is 16.4. The van der Waals surface area contributed by atoms with Crippen molar-refractivity contribution in [2.45, 2.75) is 51.8 Å². The van der Waals surface area contributed by atoms with E-state index in [1.807, 2.05) is 0 Å². The number of aromatic nitrogens is 1. The van der Waals surface area contributed by atoms with E-state index in [4.69, 9.17) is 4.42 Å². The van der Waals surface area contributed by atoms with Crippen LogP contribution in [0.25, 0.3) is 0 Å². The van der Waals surface area contributed by atoms with E-state index in [9.17, 15) is 13.2 Å². The van der Waals surface area contributed by atoms with Crippen molar-refractivity contribution in [1.82, 2.24) is 10.3 Å². The summed E-state index contributed by atoms with van der Waals surface area (Å²) in [6.07, 6.45) is 5.67. The molecule has 23 heavy (non-hydrogen) atoms. The zero-order chi connectivity index (χ0) is 17.0. The second-order valence-electron chi connectivity index (χ2n) is 7.83. The minimum Gasteiger partial charge on any atom is -0.447 e. The number of hydrogen-bond donors (Lipinski definition) is 1. The second kappa shape index (κ2) is 5.06. The minimum absolute atomic E-state index is 0.0529. The third kappa shape index (κ3) is 2.69. The maximum Gasteiger partial charge on any atom is 0.273 e. The van der Waals surface area contributed by atoms with Gasteiger partial charge in [0.1, 0.15) is 12.0 Å². The first kappa shape index (κ1) is 16.5. The lowest BCUT2D eigenvalue weighted by Crippen LogP contribution is -2.47. The molecule has 0 spiro atoms. The molecule has 2 bridgehead atoms. The van der Waals surface area contributed by atoms with Gasteiger partial charge in [-0.2, -0.15) is 0 Å². The minimum atomic E-state index is -3.23. The molecule has 1 N–H and O–H groups in total. The van der Waals surface area contributed by atoms with Crippen LogP contribution in [-0.4, -0.2) is 31.6 Å². The Morgan fingerprint density at radius 2 is 2.13 bits per heavy atom. The van der Waals surface area contributed by atoms with Crippen molar-refractivity contribution in [2.24, 2.45) is 16.7 Å². The first-order chi connectivity index (χ1) is 10.5. The molecule has 3 atom stereocenters. The van der Waals surface area contributed by atoms with Crippen molar-refractivity contribution in [3.8, 4) is 0 Å². The molecule has 0 aliphatic heterocycles. The Hall–Kier alpha value is -1.37. The summed E-state index contributed by atoms with van der Waals surface area (Å²) in [5, 5.41) is 3.09. The number of nitrogens with one attached hydrogen (secondary N) is 1. The van der Waals surface area contributed by atoms with E-state index in [1.54, 1.807) is 0 Å². The van der Waals surface area contributed by atoms with Crippen molar-refractivity contribution in [2.75, 3.05) is 6.26 Å². The molecular formula is C16H24N2O4S. The number of oxazole rings is 1. The van der Waals surface area contributed by atoms with Gasteiger partial charge >= 0.3 is 0 Å². The molecule has 3 unspecified atom stereocenters. The molecule has 2 aliphatic rings. The number of amides is 1. The van der Waals surface area contributed by atoms with Crippen LogP contribution in [0, 0.1) is 16.7 Å². The summed E-state index contributed by atoms with van der Waals surface area (Å²) in [7, 11) is -3.23. The second-order valence-corrected chi connectivity index (χ2v) is 9.97. The normalized spacial score (nSPS) is 32.2. The van der Waals surface area contributed by atoms with Gasteiger partial charge in [0, 0.05) is 12.3 Å². The first-order valence-electron chi connectivity index (χ1n) is 7.96. The van der Waals surface area contributed by atoms with Gasteiger partial charge in [-0.3, -0.25) is 4.79 Å². The number of carbonyl (C=O) groups is 1. The highest BCUT2D eigenvalue weighted by Crippen LogP contribution is 2.65. The van der Waals surface area contributed by atoms with E-state index in [2.05, 4.69) is 31.1 Å². The monoisotopic (exact) mass is 340 g/mol. The van der Waals surface area contributed by atoms with E-state index in [0.717, 1.165) is 19.1 Å². The van der Waals surface area contributed by atoms with Crippen LogP contribution < -0.4 is 5.32 Å². The van der Waals surface area contributed by atoms with Crippen molar-refractivity contribution < 1.29 is 17.6 Å². The Balaban J connectivity index is 1.71. The molecule has 128 valence electrons. The third-order valence-corrected chi connectivity index (χ3v) is 7.04. The van der Waals surface area contributed by atoms with Crippen molar-refractivity contribution in [3.63, 3.8) is 0 Å². The number of nitrogens with zero attached hydrogens (tertiary/aromatic N) is 1. The van der Waals surface area contributed by atoms with Gasteiger partial charge in [0.15, 0.2) is 15.5 Å². The first-order valence-corrected chi connectivity index (χ1v) is 10.0. The highest BCUT2D eigenvalue weighted by Gasteiger charge is 2.61. The summed E-state index contributed by atoms with van der Waals surface area (Å²) in [5.74, 6) is 0.104. The average molecular weight is 340 g/mol.